The number of rotatable bonds is 3. The molecule has 1 unspecified atom stereocenters. The summed E-state index contributed by atoms with van der Waals surface area (Å²) in [4.78, 5) is 10.7. The van der Waals surface area contributed by atoms with Crippen LogP contribution in [-0.4, -0.2) is 39.6 Å². The van der Waals surface area contributed by atoms with Gasteiger partial charge in [0.05, 0.1) is 11.0 Å². The molecule has 4 nitrogen and oxygen atoms in total. The fraction of sp³-hybridized carbons (Fsp3) is 0.579. The van der Waals surface area contributed by atoms with Gasteiger partial charge in [0.25, 0.3) is 0 Å². The van der Waals surface area contributed by atoms with Gasteiger partial charge in [-0.1, -0.05) is 13.8 Å². The van der Waals surface area contributed by atoms with Crippen LogP contribution in [-0.2, 0) is 0 Å². The first-order chi connectivity index (χ1) is 11.4. The largest absolute Gasteiger partial charge is 0.362 e. The number of imidazole rings is 1. The van der Waals surface area contributed by atoms with E-state index in [4.69, 9.17) is 17.2 Å². The SMILES string of the molecule is Cc1cc2nc(C3CCCN(C(=S)NCC(C)C)C3)[nH]c2cc1C. The predicted molar refractivity (Wildman–Crippen MR) is 105 cm³/mol. The van der Waals surface area contributed by atoms with Gasteiger partial charge in [0.1, 0.15) is 5.82 Å². The van der Waals surface area contributed by atoms with E-state index in [-0.39, 0.29) is 0 Å². The van der Waals surface area contributed by atoms with Crippen molar-refractivity contribution in [3.05, 3.63) is 29.1 Å². The van der Waals surface area contributed by atoms with E-state index in [1.165, 1.54) is 17.5 Å². The first-order valence-electron chi connectivity index (χ1n) is 8.93. The van der Waals surface area contributed by atoms with Crippen molar-refractivity contribution in [2.24, 2.45) is 5.92 Å². The van der Waals surface area contributed by atoms with Gasteiger partial charge in [0, 0.05) is 25.6 Å². The Hall–Kier alpha value is -1.62. The van der Waals surface area contributed by atoms with Crippen molar-refractivity contribution >= 4 is 28.4 Å². The van der Waals surface area contributed by atoms with E-state index < -0.39 is 0 Å². The minimum atomic E-state index is 0.422. The van der Waals surface area contributed by atoms with Crippen molar-refractivity contribution in [3.63, 3.8) is 0 Å². The Morgan fingerprint density at radius 1 is 1.38 bits per heavy atom. The van der Waals surface area contributed by atoms with Gasteiger partial charge in [-0.25, -0.2) is 4.98 Å². The molecule has 0 radical (unpaired) electrons. The van der Waals surface area contributed by atoms with E-state index in [2.05, 4.69) is 55.0 Å². The van der Waals surface area contributed by atoms with Crippen molar-refractivity contribution < 1.29 is 0 Å². The molecular weight excluding hydrogens is 316 g/mol. The molecule has 0 spiro atoms. The van der Waals surface area contributed by atoms with Crippen LogP contribution in [0.5, 0.6) is 0 Å². The smallest absolute Gasteiger partial charge is 0.168 e. The Morgan fingerprint density at radius 2 is 2.12 bits per heavy atom. The summed E-state index contributed by atoms with van der Waals surface area (Å²) in [7, 11) is 0. The number of hydrogen-bond acceptors (Lipinski definition) is 2. The van der Waals surface area contributed by atoms with Crippen molar-refractivity contribution in [1.82, 2.24) is 20.2 Å². The van der Waals surface area contributed by atoms with Gasteiger partial charge < -0.3 is 15.2 Å². The average molecular weight is 345 g/mol. The first kappa shape index (κ1) is 17.2. The number of piperidine rings is 1. The van der Waals surface area contributed by atoms with Gasteiger partial charge in [0.15, 0.2) is 5.11 Å². The quantitative estimate of drug-likeness (QED) is 0.829. The average Bonchev–Trinajstić information content (AvgIpc) is 2.96. The number of benzene rings is 1. The van der Waals surface area contributed by atoms with Crippen LogP contribution in [0.4, 0.5) is 0 Å². The van der Waals surface area contributed by atoms with Crippen LogP contribution in [0, 0.1) is 19.8 Å². The molecule has 1 saturated heterocycles. The zero-order valence-electron chi connectivity index (χ0n) is 15.1. The zero-order valence-corrected chi connectivity index (χ0v) is 16.0. The fourth-order valence-electron chi connectivity index (χ4n) is 3.27. The van der Waals surface area contributed by atoms with Crippen LogP contribution in [0.25, 0.3) is 11.0 Å². The van der Waals surface area contributed by atoms with Crippen molar-refractivity contribution in [2.45, 2.75) is 46.5 Å². The highest BCUT2D eigenvalue weighted by atomic mass is 32.1. The van der Waals surface area contributed by atoms with Gasteiger partial charge in [-0.3, -0.25) is 0 Å². The molecule has 0 amide bonds. The van der Waals surface area contributed by atoms with E-state index in [0.29, 0.717) is 11.8 Å². The van der Waals surface area contributed by atoms with Crippen LogP contribution >= 0.6 is 12.2 Å². The number of hydrogen-bond donors (Lipinski definition) is 2. The maximum absolute atomic E-state index is 5.58. The zero-order chi connectivity index (χ0) is 17.3. The molecule has 0 saturated carbocycles. The first-order valence-corrected chi connectivity index (χ1v) is 9.34. The summed E-state index contributed by atoms with van der Waals surface area (Å²) >= 11 is 5.58. The molecule has 1 fully saturated rings. The monoisotopic (exact) mass is 344 g/mol. The molecule has 3 rings (SSSR count). The molecule has 0 bridgehead atoms. The van der Waals surface area contributed by atoms with Gasteiger partial charge in [-0.05, 0) is 68.1 Å². The second kappa shape index (κ2) is 7.09. The Kier molecular flexibility index (Phi) is 5.09. The molecule has 24 heavy (non-hydrogen) atoms. The molecule has 2 heterocycles. The third-order valence-electron chi connectivity index (χ3n) is 4.87. The fourth-order valence-corrected chi connectivity index (χ4v) is 3.52. The summed E-state index contributed by atoms with van der Waals surface area (Å²) < 4.78 is 0. The molecule has 1 aromatic heterocycles. The predicted octanol–water partition coefficient (Wildman–Crippen LogP) is 3.89. The number of aromatic nitrogens is 2. The summed E-state index contributed by atoms with van der Waals surface area (Å²) in [6.07, 6.45) is 2.32. The van der Waals surface area contributed by atoms with E-state index in [1.54, 1.807) is 0 Å². The number of nitrogens with zero attached hydrogens (tertiary/aromatic N) is 2. The number of aromatic amines is 1. The summed E-state index contributed by atoms with van der Waals surface area (Å²) in [5.41, 5.74) is 4.82. The Bertz CT molecular complexity index is 695. The molecule has 0 aliphatic carbocycles. The van der Waals surface area contributed by atoms with Crippen molar-refractivity contribution in [1.29, 1.82) is 0 Å². The minimum Gasteiger partial charge on any atom is -0.362 e. The summed E-state index contributed by atoms with van der Waals surface area (Å²) in [6, 6.07) is 4.39. The summed E-state index contributed by atoms with van der Waals surface area (Å²) in [5, 5.41) is 4.28. The highest BCUT2D eigenvalue weighted by molar-refractivity contribution is 7.80. The van der Waals surface area contributed by atoms with E-state index >= 15 is 0 Å². The van der Waals surface area contributed by atoms with Crippen LogP contribution in [0.1, 0.15) is 49.6 Å². The van der Waals surface area contributed by atoms with E-state index in [9.17, 15) is 0 Å². The minimum absolute atomic E-state index is 0.422. The molecule has 2 aromatic rings. The second-order valence-electron chi connectivity index (χ2n) is 7.44. The molecule has 1 aliphatic heterocycles. The lowest BCUT2D eigenvalue weighted by atomic mass is 9.98. The Morgan fingerprint density at radius 3 is 2.88 bits per heavy atom. The molecule has 1 atom stereocenters. The number of fused-ring (bicyclic) bond motifs is 1. The molecule has 2 N–H and O–H groups in total. The number of likely N-dealkylation sites (tertiary alicyclic amines) is 1. The van der Waals surface area contributed by atoms with Crippen LogP contribution in [0.15, 0.2) is 12.1 Å². The number of H-pyrrole nitrogens is 1. The number of aryl methyl sites for hydroxylation is 2. The van der Waals surface area contributed by atoms with Gasteiger partial charge in [0.2, 0.25) is 0 Å². The maximum atomic E-state index is 5.58. The van der Waals surface area contributed by atoms with Gasteiger partial charge in [-0.2, -0.15) is 0 Å². The Labute approximate surface area is 150 Å². The third kappa shape index (κ3) is 3.72. The third-order valence-corrected chi connectivity index (χ3v) is 5.28. The lowest BCUT2D eigenvalue weighted by Gasteiger charge is -2.34. The second-order valence-corrected chi connectivity index (χ2v) is 7.83. The normalized spacial score (nSPS) is 18.4. The van der Waals surface area contributed by atoms with Gasteiger partial charge >= 0.3 is 0 Å². The van der Waals surface area contributed by atoms with E-state index in [0.717, 1.165) is 48.0 Å². The number of nitrogens with one attached hydrogen (secondary N) is 2. The lowest BCUT2D eigenvalue weighted by Crippen LogP contribution is -2.45. The van der Waals surface area contributed by atoms with E-state index in [1.807, 2.05) is 0 Å². The van der Waals surface area contributed by atoms with Crippen LogP contribution < -0.4 is 5.32 Å². The molecule has 5 heteroatoms. The highest BCUT2D eigenvalue weighted by Gasteiger charge is 2.25. The molecule has 1 aromatic carbocycles. The number of thiocarbonyl (C=S) groups is 1. The lowest BCUT2D eigenvalue weighted by molar-refractivity contribution is 0.299. The topological polar surface area (TPSA) is 44.0 Å². The van der Waals surface area contributed by atoms with Gasteiger partial charge in [-0.15, -0.1) is 0 Å². The summed E-state index contributed by atoms with van der Waals surface area (Å²) in [6.45, 7) is 11.6. The van der Waals surface area contributed by atoms with Crippen molar-refractivity contribution in [2.75, 3.05) is 19.6 Å². The standard InChI is InChI=1S/C19H28N4S/c1-12(2)10-20-19(24)23-7-5-6-15(11-23)18-21-16-8-13(3)14(4)9-17(16)22-18/h8-9,12,15H,5-7,10-11H2,1-4H3,(H,20,24)(H,21,22). The van der Waals surface area contributed by atoms with Crippen LogP contribution in [0.2, 0.25) is 0 Å². The highest BCUT2D eigenvalue weighted by Crippen LogP contribution is 2.27. The van der Waals surface area contributed by atoms with Crippen LogP contribution in [0.3, 0.4) is 0 Å². The van der Waals surface area contributed by atoms with Crippen molar-refractivity contribution in [3.8, 4) is 0 Å². The Balaban J connectivity index is 1.73. The summed E-state index contributed by atoms with van der Waals surface area (Å²) in [5.74, 6) is 2.13. The molecular formula is C19H28N4S. The molecule has 1 aliphatic rings. The maximum Gasteiger partial charge on any atom is 0.168 e. The molecule has 130 valence electrons.